The maximum absolute atomic E-state index is 11.5. The van der Waals surface area contributed by atoms with Crippen LogP contribution < -0.4 is 0 Å². The molecule has 5 heteroatoms. The highest BCUT2D eigenvalue weighted by Crippen LogP contribution is 2.20. The Morgan fingerprint density at radius 3 is 3.00 bits per heavy atom. The van der Waals surface area contributed by atoms with E-state index in [9.17, 15) is 9.59 Å². The molecule has 0 aliphatic carbocycles. The molecule has 0 bridgehead atoms. The number of likely N-dealkylation sites (tertiary alicyclic amines) is 1. The van der Waals surface area contributed by atoms with E-state index in [0.29, 0.717) is 18.5 Å². The molecular formula is C11H12N2O3. The molecule has 16 heavy (non-hydrogen) atoms. The van der Waals surface area contributed by atoms with E-state index >= 15 is 0 Å². The summed E-state index contributed by atoms with van der Waals surface area (Å²) in [6.07, 6.45) is 2.33. The number of hydrogen-bond acceptors (Lipinski definition) is 3. The second-order valence-electron chi connectivity index (χ2n) is 3.74. The van der Waals surface area contributed by atoms with Crippen LogP contribution in [0.1, 0.15) is 18.5 Å². The van der Waals surface area contributed by atoms with E-state index in [4.69, 9.17) is 5.11 Å². The quantitative estimate of drug-likeness (QED) is 0.812. The van der Waals surface area contributed by atoms with Crippen LogP contribution in [-0.2, 0) is 16.1 Å². The van der Waals surface area contributed by atoms with Crippen LogP contribution in [0.4, 0.5) is 0 Å². The van der Waals surface area contributed by atoms with E-state index in [1.54, 1.807) is 18.3 Å². The zero-order valence-corrected chi connectivity index (χ0v) is 8.67. The maximum atomic E-state index is 11.5. The molecule has 84 valence electrons. The number of hydrogen-bond donors (Lipinski definition) is 1. The molecule has 5 nitrogen and oxygen atoms in total. The third-order valence-corrected chi connectivity index (χ3v) is 2.67. The lowest BCUT2D eigenvalue weighted by Gasteiger charge is -2.20. The van der Waals surface area contributed by atoms with Crippen LogP contribution in [0.3, 0.4) is 0 Å². The molecule has 1 aliphatic rings. The van der Waals surface area contributed by atoms with Crippen LogP contribution in [0.2, 0.25) is 0 Å². The van der Waals surface area contributed by atoms with Gasteiger partial charge in [-0.15, -0.1) is 0 Å². The SMILES string of the molecule is O=C(O)[C@@H]1CCC(=O)N1Cc1ccccn1. The van der Waals surface area contributed by atoms with Gasteiger partial charge in [0.15, 0.2) is 0 Å². The van der Waals surface area contributed by atoms with Crippen molar-refractivity contribution in [1.29, 1.82) is 0 Å². The van der Waals surface area contributed by atoms with Gasteiger partial charge in [-0.3, -0.25) is 9.78 Å². The molecule has 2 heterocycles. The van der Waals surface area contributed by atoms with Crippen molar-refractivity contribution >= 4 is 11.9 Å². The molecule has 1 N–H and O–H groups in total. The van der Waals surface area contributed by atoms with Gasteiger partial charge in [-0.25, -0.2) is 4.79 Å². The zero-order valence-electron chi connectivity index (χ0n) is 8.67. The Labute approximate surface area is 92.7 Å². The van der Waals surface area contributed by atoms with Gasteiger partial charge in [-0.05, 0) is 18.6 Å². The van der Waals surface area contributed by atoms with Crippen molar-refractivity contribution in [1.82, 2.24) is 9.88 Å². The van der Waals surface area contributed by atoms with Gasteiger partial charge in [0.2, 0.25) is 5.91 Å². The summed E-state index contributed by atoms with van der Waals surface area (Å²) in [5.41, 5.74) is 0.712. The summed E-state index contributed by atoms with van der Waals surface area (Å²) in [6.45, 7) is 0.274. The van der Waals surface area contributed by atoms with Gasteiger partial charge in [0, 0.05) is 12.6 Å². The van der Waals surface area contributed by atoms with Crippen LogP contribution in [0, 0.1) is 0 Å². The normalized spacial score (nSPS) is 20.1. The average molecular weight is 220 g/mol. The summed E-state index contributed by atoms with van der Waals surface area (Å²) in [5.74, 6) is -1.06. The number of aliphatic carboxylic acids is 1. The van der Waals surface area contributed by atoms with Crippen LogP contribution in [0.25, 0.3) is 0 Å². The molecule has 0 aromatic carbocycles. The van der Waals surface area contributed by atoms with E-state index in [2.05, 4.69) is 4.98 Å². The van der Waals surface area contributed by atoms with Crippen molar-refractivity contribution in [2.24, 2.45) is 0 Å². The van der Waals surface area contributed by atoms with Crippen molar-refractivity contribution in [3.8, 4) is 0 Å². The van der Waals surface area contributed by atoms with Gasteiger partial charge in [0.1, 0.15) is 6.04 Å². The summed E-state index contributed by atoms with van der Waals surface area (Å²) < 4.78 is 0. The number of pyridine rings is 1. The lowest BCUT2D eigenvalue weighted by Crippen LogP contribution is -2.38. The van der Waals surface area contributed by atoms with Crippen LogP contribution in [-0.4, -0.2) is 32.9 Å². The molecule has 0 spiro atoms. The first-order valence-corrected chi connectivity index (χ1v) is 5.10. The van der Waals surface area contributed by atoms with Gasteiger partial charge in [-0.1, -0.05) is 6.07 Å². The molecule has 1 aromatic rings. The lowest BCUT2D eigenvalue weighted by atomic mass is 10.2. The second-order valence-corrected chi connectivity index (χ2v) is 3.74. The third kappa shape index (κ3) is 2.03. The smallest absolute Gasteiger partial charge is 0.326 e. The minimum absolute atomic E-state index is 0.113. The van der Waals surface area contributed by atoms with Gasteiger partial charge >= 0.3 is 5.97 Å². The monoisotopic (exact) mass is 220 g/mol. The summed E-state index contributed by atoms with van der Waals surface area (Å²) in [7, 11) is 0. The Bertz CT molecular complexity index is 405. The standard InChI is InChI=1S/C11H12N2O3/c14-10-5-4-9(11(15)16)13(10)7-8-3-1-2-6-12-8/h1-3,6,9H,4-5,7H2,(H,15,16)/t9-/m0/s1. The highest BCUT2D eigenvalue weighted by Gasteiger charge is 2.35. The first kappa shape index (κ1) is 10.6. The van der Waals surface area contributed by atoms with Gasteiger partial charge in [0.25, 0.3) is 0 Å². The highest BCUT2D eigenvalue weighted by atomic mass is 16.4. The first-order valence-electron chi connectivity index (χ1n) is 5.10. The summed E-state index contributed by atoms with van der Waals surface area (Å²) >= 11 is 0. The summed E-state index contributed by atoms with van der Waals surface area (Å²) in [4.78, 5) is 27.9. The minimum Gasteiger partial charge on any atom is -0.480 e. The predicted octanol–water partition coefficient (Wildman–Crippen LogP) is 0.657. The maximum Gasteiger partial charge on any atom is 0.326 e. The number of carbonyl (C=O) groups is 2. The van der Waals surface area contributed by atoms with Gasteiger partial charge in [0.05, 0.1) is 12.2 Å². The van der Waals surface area contributed by atoms with Gasteiger partial charge < -0.3 is 10.0 Å². The van der Waals surface area contributed by atoms with Crippen molar-refractivity contribution in [3.63, 3.8) is 0 Å². The van der Waals surface area contributed by atoms with E-state index in [1.165, 1.54) is 4.90 Å². The number of carboxylic acid groups (broad SMARTS) is 1. The number of amides is 1. The first-order chi connectivity index (χ1) is 7.68. The molecule has 1 amide bonds. The van der Waals surface area contributed by atoms with E-state index in [0.717, 1.165) is 0 Å². The predicted molar refractivity (Wildman–Crippen MR) is 55.4 cm³/mol. The van der Waals surface area contributed by atoms with Crippen molar-refractivity contribution in [2.45, 2.75) is 25.4 Å². The van der Waals surface area contributed by atoms with E-state index in [-0.39, 0.29) is 12.5 Å². The molecule has 1 saturated heterocycles. The fraction of sp³-hybridized carbons (Fsp3) is 0.364. The number of rotatable bonds is 3. The second kappa shape index (κ2) is 4.30. The Hall–Kier alpha value is -1.91. The van der Waals surface area contributed by atoms with Crippen molar-refractivity contribution in [2.75, 3.05) is 0 Å². The molecule has 0 unspecified atom stereocenters. The minimum atomic E-state index is -0.943. The lowest BCUT2D eigenvalue weighted by molar-refractivity contribution is -0.146. The number of carbonyl (C=O) groups excluding carboxylic acids is 1. The van der Waals surface area contributed by atoms with E-state index in [1.807, 2.05) is 6.07 Å². The molecule has 0 saturated carbocycles. The van der Waals surface area contributed by atoms with Crippen molar-refractivity contribution in [3.05, 3.63) is 30.1 Å². The topological polar surface area (TPSA) is 70.5 Å². The Balaban J connectivity index is 2.13. The molecule has 1 fully saturated rings. The molecule has 1 aromatic heterocycles. The molecule has 1 atom stereocenters. The molecule has 2 rings (SSSR count). The third-order valence-electron chi connectivity index (χ3n) is 2.67. The van der Waals surface area contributed by atoms with Crippen LogP contribution in [0.5, 0.6) is 0 Å². The summed E-state index contributed by atoms with van der Waals surface area (Å²) in [6, 6.07) is 4.68. The fourth-order valence-corrected chi connectivity index (χ4v) is 1.85. The Morgan fingerprint density at radius 1 is 1.56 bits per heavy atom. The fourth-order valence-electron chi connectivity index (χ4n) is 1.85. The Morgan fingerprint density at radius 2 is 2.38 bits per heavy atom. The number of aromatic nitrogens is 1. The van der Waals surface area contributed by atoms with E-state index < -0.39 is 12.0 Å². The van der Waals surface area contributed by atoms with Crippen molar-refractivity contribution < 1.29 is 14.7 Å². The molecule has 0 radical (unpaired) electrons. The number of nitrogens with zero attached hydrogens (tertiary/aromatic N) is 2. The molecule has 1 aliphatic heterocycles. The largest absolute Gasteiger partial charge is 0.480 e. The molecular weight excluding hydrogens is 208 g/mol. The Kier molecular flexibility index (Phi) is 2.85. The van der Waals surface area contributed by atoms with Gasteiger partial charge in [-0.2, -0.15) is 0 Å². The van der Waals surface area contributed by atoms with Crippen LogP contribution >= 0.6 is 0 Å². The summed E-state index contributed by atoms with van der Waals surface area (Å²) in [5, 5.41) is 8.97. The highest BCUT2D eigenvalue weighted by molar-refractivity contribution is 5.87. The zero-order chi connectivity index (χ0) is 11.5. The number of carboxylic acids is 1. The average Bonchev–Trinajstić information content (AvgIpc) is 2.62. The van der Waals surface area contributed by atoms with Crippen LogP contribution in [0.15, 0.2) is 24.4 Å².